The number of nitrogens with zero attached hydrogens (tertiary/aromatic N) is 3. The third kappa shape index (κ3) is 2.29. The van der Waals surface area contributed by atoms with Crippen molar-refractivity contribution in [1.29, 1.82) is 0 Å². The van der Waals surface area contributed by atoms with E-state index in [4.69, 9.17) is 0 Å². The molecule has 5 nitrogen and oxygen atoms in total. The summed E-state index contributed by atoms with van der Waals surface area (Å²) in [6.45, 7) is 0. The predicted molar refractivity (Wildman–Crippen MR) is 70.7 cm³/mol. The second-order valence-electron chi connectivity index (χ2n) is 4.09. The average molecular weight is 243 g/mol. The van der Waals surface area contributed by atoms with Gasteiger partial charge in [-0.15, -0.1) is 0 Å². The van der Waals surface area contributed by atoms with E-state index in [2.05, 4.69) is 4.98 Å². The maximum Gasteiger partial charge on any atom is 0.295 e. The van der Waals surface area contributed by atoms with E-state index in [1.165, 1.54) is 6.20 Å². The summed E-state index contributed by atoms with van der Waals surface area (Å²) in [5, 5.41) is 11.0. The van der Waals surface area contributed by atoms with Gasteiger partial charge in [0.1, 0.15) is 6.20 Å². The van der Waals surface area contributed by atoms with Crippen molar-refractivity contribution in [3.05, 3.63) is 52.8 Å². The summed E-state index contributed by atoms with van der Waals surface area (Å²) in [6, 6.07) is 9.27. The molecule has 0 saturated heterocycles. The van der Waals surface area contributed by atoms with Crippen LogP contribution in [-0.2, 0) is 0 Å². The van der Waals surface area contributed by atoms with Gasteiger partial charge in [-0.3, -0.25) is 15.1 Å². The lowest BCUT2D eigenvalue weighted by molar-refractivity contribution is -0.384. The Hall–Kier alpha value is -2.43. The lowest BCUT2D eigenvalue weighted by atomic mass is 10.0. The van der Waals surface area contributed by atoms with Crippen LogP contribution >= 0.6 is 0 Å². The molecule has 0 aliphatic rings. The minimum Gasteiger partial charge on any atom is -0.378 e. The third-order valence-electron chi connectivity index (χ3n) is 2.67. The SMILES string of the molecule is CN(C)c1cccc(-c2ccncc2[N+](=O)[O-])c1. The van der Waals surface area contributed by atoms with Crippen LogP contribution in [0.5, 0.6) is 0 Å². The Morgan fingerprint density at radius 2 is 2.06 bits per heavy atom. The van der Waals surface area contributed by atoms with Crippen molar-refractivity contribution in [2.24, 2.45) is 0 Å². The topological polar surface area (TPSA) is 59.3 Å². The summed E-state index contributed by atoms with van der Waals surface area (Å²) in [5.41, 5.74) is 2.42. The Labute approximate surface area is 105 Å². The fourth-order valence-corrected chi connectivity index (χ4v) is 1.73. The van der Waals surface area contributed by atoms with E-state index < -0.39 is 4.92 Å². The minimum atomic E-state index is -0.412. The number of pyridine rings is 1. The molecule has 5 heteroatoms. The van der Waals surface area contributed by atoms with Crippen molar-refractivity contribution in [2.45, 2.75) is 0 Å². The lowest BCUT2D eigenvalue weighted by Gasteiger charge is -2.13. The number of benzene rings is 1. The quantitative estimate of drug-likeness (QED) is 0.614. The van der Waals surface area contributed by atoms with Crippen LogP contribution in [0.1, 0.15) is 0 Å². The molecule has 1 aromatic carbocycles. The molecule has 0 radical (unpaired) electrons. The highest BCUT2D eigenvalue weighted by molar-refractivity contribution is 5.75. The molecule has 0 spiro atoms. The van der Waals surface area contributed by atoms with Crippen molar-refractivity contribution >= 4 is 11.4 Å². The molecule has 2 aromatic rings. The van der Waals surface area contributed by atoms with Crippen molar-refractivity contribution < 1.29 is 4.92 Å². The van der Waals surface area contributed by atoms with Crippen LogP contribution in [-0.4, -0.2) is 24.0 Å². The van der Waals surface area contributed by atoms with Crippen LogP contribution in [0.15, 0.2) is 42.7 Å². The summed E-state index contributed by atoms with van der Waals surface area (Å²) in [5.74, 6) is 0. The van der Waals surface area contributed by atoms with Gasteiger partial charge < -0.3 is 4.90 Å². The van der Waals surface area contributed by atoms with Gasteiger partial charge in [0, 0.05) is 26.0 Å². The van der Waals surface area contributed by atoms with Crippen LogP contribution in [0.2, 0.25) is 0 Å². The Balaban J connectivity index is 2.55. The zero-order valence-electron chi connectivity index (χ0n) is 10.2. The largest absolute Gasteiger partial charge is 0.378 e. The summed E-state index contributed by atoms with van der Waals surface area (Å²) in [4.78, 5) is 16.3. The Kier molecular flexibility index (Phi) is 3.23. The van der Waals surface area contributed by atoms with Gasteiger partial charge in [-0.05, 0) is 23.8 Å². The second kappa shape index (κ2) is 4.83. The lowest BCUT2D eigenvalue weighted by Crippen LogP contribution is -2.08. The van der Waals surface area contributed by atoms with Crippen LogP contribution in [0.25, 0.3) is 11.1 Å². The first-order chi connectivity index (χ1) is 8.59. The van der Waals surface area contributed by atoms with Gasteiger partial charge in [0.25, 0.3) is 5.69 Å². The van der Waals surface area contributed by atoms with E-state index in [0.717, 1.165) is 11.3 Å². The molecular formula is C13H13N3O2. The van der Waals surface area contributed by atoms with Crippen LogP contribution in [0.3, 0.4) is 0 Å². The average Bonchev–Trinajstić information content (AvgIpc) is 2.39. The highest BCUT2D eigenvalue weighted by Crippen LogP contribution is 2.30. The summed E-state index contributed by atoms with van der Waals surface area (Å²) >= 11 is 0. The summed E-state index contributed by atoms with van der Waals surface area (Å²) in [7, 11) is 3.86. The number of nitro groups is 1. The number of anilines is 1. The molecule has 92 valence electrons. The van der Waals surface area contributed by atoms with Crippen LogP contribution in [0.4, 0.5) is 11.4 Å². The fourth-order valence-electron chi connectivity index (χ4n) is 1.73. The van der Waals surface area contributed by atoms with Crippen molar-refractivity contribution in [1.82, 2.24) is 4.98 Å². The first-order valence-electron chi connectivity index (χ1n) is 5.46. The molecule has 0 unspecified atom stereocenters. The zero-order chi connectivity index (χ0) is 13.1. The highest BCUT2D eigenvalue weighted by atomic mass is 16.6. The van der Waals surface area contributed by atoms with Gasteiger partial charge in [-0.2, -0.15) is 0 Å². The van der Waals surface area contributed by atoms with Crippen molar-refractivity contribution in [3.8, 4) is 11.1 Å². The molecule has 1 heterocycles. The number of hydrogen-bond acceptors (Lipinski definition) is 4. The summed E-state index contributed by atoms with van der Waals surface area (Å²) in [6.07, 6.45) is 2.84. The predicted octanol–water partition coefficient (Wildman–Crippen LogP) is 2.72. The Bertz CT molecular complexity index is 582. The molecule has 0 saturated carbocycles. The van der Waals surface area contributed by atoms with E-state index in [1.54, 1.807) is 12.3 Å². The van der Waals surface area contributed by atoms with E-state index >= 15 is 0 Å². The molecule has 0 fully saturated rings. The Morgan fingerprint density at radius 3 is 2.72 bits per heavy atom. The van der Waals surface area contributed by atoms with Gasteiger partial charge in [-0.1, -0.05) is 12.1 Å². The maximum absolute atomic E-state index is 11.0. The molecule has 1 aromatic heterocycles. The van der Waals surface area contributed by atoms with Gasteiger partial charge in [0.2, 0.25) is 0 Å². The van der Waals surface area contributed by atoms with Crippen molar-refractivity contribution in [2.75, 3.05) is 19.0 Å². The number of rotatable bonds is 3. The molecule has 2 rings (SSSR count). The molecule has 0 amide bonds. The second-order valence-corrected chi connectivity index (χ2v) is 4.09. The molecular weight excluding hydrogens is 230 g/mol. The number of aromatic nitrogens is 1. The molecule has 18 heavy (non-hydrogen) atoms. The van der Waals surface area contributed by atoms with E-state index in [-0.39, 0.29) is 5.69 Å². The molecule has 0 aliphatic carbocycles. The van der Waals surface area contributed by atoms with Crippen LogP contribution in [0, 0.1) is 10.1 Å². The van der Waals surface area contributed by atoms with Gasteiger partial charge in [-0.25, -0.2) is 0 Å². The van der Waals surface area contributed by atoms with Gasteiger partial charge >= 0.3 is 0 Å². The van der Waals surface area contributed by atoms with Gasteiger partial charge in [0.15, 0.2) is 0 Å². The Morgan fingerprint density at radius 1 is 1.28 bits per heavy atom. The maximum atomic E-state index is 11.0. The third-order valence-corrected chi connectivity index (χ3v) is 2.67. The smallest absolute Gasteiger partial charge is 0.295 e. The van der Waals surface area contributed by atoms with E-state index in [1.807, 2.05) is 43.3 Å². The van der Waals surface area contributed by atoms with Crippen LogP contribution < -0.4 is 4.90 Å². The first kappa shape index (κ1) is 12.0. The monoisotopic (exact) mass is 243 g/mol. The minimum absolute atomic E-state index is 0.0217. The zero-order valence-corrected chi connectivity index (χ0v) is 10.2. The molecule has 0 atom stereocenters. The first-order valence-corrected chi connectivity index (χ1v) is 5.46. The van der Waals surface area contributed by atoms with E-state index in [0.29, 0.717) is 5.56 Å². The normalized spacial score (nSPS) is 10.1. The molecule has 0 aliphatic heterocycles. The number of hydrogen-bond donors (Lipinski definition) is 0. The fraction of sp³-hybridized carbons (Fsp3) is 0.154. The van der Waals surface area contributed by atoms with Crippen molar-refractivity contribution in [3.63, 3.8) is 0 Å². The standard InChI is InChI=1S/C13H13N3O2/c1-15(2)11-5-3-4-10(8-11)12-6-7-14-9-13(12)16(17)18/h3-9H,1-2H3. The molecule has 0 bridgehead atoms. The molecule has 0 N–H and O–H groups in total. The highest BCUT2D eigenvalue weighted by Gasteiger charge is 2.15. The van der Waals surface area contributed by atoms with Gasteiger partial charge in [0.05, 0.1) is 10.5 Å². The van der Waals surface area contributed by atoms with E-state index in [9.17, 15) is 10.1 Å². The summed E-state index contributed by atoms with van der Waals surface area (Å²) < 4.78 is 0.